The molecule has 1 fully saturated rings. The van der Waals surface area contributed by atoms with Crippen LogP contribution in [0.25, 0.3) is 21.6 Å². The number of ether oxygens (including phenoxy) is 3. The highest BCUT2D eigenvalue weighted by atomic mass is 32.1. The molecule has 4 heterocycles. The Morgan fingerprint density at radius 2 is 1.76 bits per heavy atom. The fraction of sp³-hybridized carbons (Fsp3) is 0.314. The first-order chi connectivity index (χ1) is 21.8. The molecule has 0 bridgehead atoms. The number of thiophene rings is 1. The largest absolute Gasteiger partial charge is 0.459 e. The standard InChI is InChI=1S/C33H32N4O5S.C2H6/c1-20-5-9-22(10-6-20)11-14-30(38)42-25-17-29(41-26(25)18-40-33(39)23-12-7-21(2)8-13-23)37-19-35-31-24(27-4-3-15-43-27)16-28(34)36-32(31)37;1-2/h3-10,12-13,15-16,19,25-26,29H,11,14,17-18H2,1-2H3,(H2,34,36);1-2H3/t25-,26?,29?;/m1./s1. The quantitative estimate of drug-likeness (QED) is 0.173. The molecule has 6 rings (SSSR count). The minimum Gasteiger partial charge on any atom is -0.459 e. The highest BCUT2D eigenvalue weighted by molar-refractivity contribution is 7.13. The number of carbonyl (C=O) groups excluding carboxylic acids is 2. The lowest BCUT2D eigenvalue weighted by molar-refractivity contribution is -0.153. The molecule has 2 unspecified atom stereocenters. The Hall–Kier alpha value is -4.54. The summed E-state index contributed by atoms with van der Waals surface area (Å²) < 4.78 is 19.7. The molecule has 9 nitrogen and oxygen atoms in total. The van der Waals surface area contributed by atoms with Crippen molar-refractivity contribution >= 4 is 40.3 Å². The molecule has 5 aromatic rings. The molecule has 0 saturated carbocycles. The van der Waals surface area contributed by atoms with E-state index in [0.29, 0.717) is 35.4 Å². The van der Waals surface area contributed by atoms with E-state index in [4.69, 9.17) is 19.9 Å². The second-order valence-electron chi connectivity index (χ2n) is 10.7. The Morgan fingerprint density at radius 3 is 2.44 bits per heavy atom. The lowest BCUT2D eigenvalue weighted by Gasteiger charge is -2.19. The van der Waals surface area contributed by atoms with Crippen LogP contribution in [0.5, 0.6) is 0 Å². The number of nitrogens with two attached hydrogens (primary N) is 1. The molecule has 0 radical (unpaired) electrons. The van der Waals surface area contributed by atoms with Crippen LogP contribution in [0, 0.1) is 13.8 Å². The first kappa shape index (κ1) is 31.9. The summed E-state index contributed by atoms with van der Waals surface area (Å²) in [6.07, 6.45) is 0.887. The van der Waals surface area contributed by atoms with Crippen LogP contribution < -0.4 is 5.73 Å². The van der Waals surface area contributed by atoms with E-state index in [1.54, 1.807) is 34.4 Å². The molecule has 0 aliphatic carbocycles. The van der Waals surface area contributed by atoms with Gasteiger partial charge in [-0.05, 0) is 55.5 Å². The summed E-state index contributed by atoms with van der Waals surface area (Å²) >= 11 is 1.59. The first-order valence-electron chi connectivity index (χ1n) is 15.2. The summed E-state index contributed by atoms with van der Waals surface area (Å²) in [6.45, 7) is 7.89. The molecule has 1 aliphatic rings. The highest BCUT2D eigenvalue weighted by Crippen LogP contribution is 2.37. The summed E-state index contributed by atoms with van der Waals surface area (Å²) in [5, 5.41) is 2.00. The number of imidazole rings is 1. The number of hydrogen-bond acceptors (Lipinski definition) is 9. The molecule has 45 heavy (non-hydrogen) atoms. The van der Waals surface area contributed by atoms with Gasteiger partial charge in [-0.15, -0.1) is 11.3 Å². The minimum absolute atomic E-state index is 0.0816. The molecular formula is C35H38N4O5S. The van der Waals surface area contributed by atoms with Crippen LogP contribution in [0.1, 0.15) is 60.0 Å². The molecule has 0 amide bonds. The van der Waals surface area contributed by atoms with Crippen molar-refractivity contribution in [3.63, 3.8) is 0 Å². The number of hydrogen-bond donors (Lipinski definition) is 1. The topological polar surface area (TPSA) is 119 Å². The number of benzene rings is 2. The number of carbonyl (C=O) groups is 2. The third-order valence-electron chi connectivity index (χ3n) is 7.51. The number of pyridine rings is 1. The Bertz CT molecular complexity index is 1730. The van der Waals surface area contributed by atoms with Gasteiger partial charge in [0.25, 0.3) is 0 Å². The molecule has 2 aromatic carbocycles. The van der Waals surface area contributed by atoms with E-state index in [1.807, 2.05) is 87.7 Å². The number of esters is 2. The summed E-state index contributed by atoms with van der Waals surface area (Å²) in [5.41, 5.74) is 12.0. The molecule has 3 atom stereocenters. The maximum absolute atomic E-state index is 13.0. The predicted octanol–water partition coefficient (Wildman–Crippen LogP) is 7.07. The smallest absolute Gasteiger partial charge is 0.338 e. The Morgan fingerprint density at radius 1 is 1.04 bits per heavy atom. The number of nitrogen functional groups attached to an aromatic ring is 1. The molecule has 2 N–H and O–H groups in total. The number of rotatable bonds is 9. The molecule has 1 saturated heterocycles. The fourth-order valence-electron chi connectivity index (χ4n) is 5.16. The predicted molar refractivity (Wildman–Crippen MR) is 176 cm³/mol. The first-order valence-corrected chi connectivity index (χ1v) is 16.0. The van der Waals surface area contributed by atoms with Crippen molar-refractivity contribution in [1.82, 2.24) is 14.5 Å². The van der Waals surface area contributed by atoms with Crippen LogP contribution in [0.2, 0.25) is 0 Å². The molecular weight excluding hydrogens is 588 g/mol. The summed E-state index contributed by atoms with van der Waals surface area (Å²) in [6, 6.07) is 21.0. The number of anilines is 1. The van der Waals surface area contributed by atoms with Crippen molar-refractivity contribution in [3.8, 4) is 10.4 Å². The van der Waals surface area contributed by atoms with Crippen molar-refractivity contribution < 1.29 is 23.8 Å². The molecule has 10 heteroatoms. The van der Waals surface area contributed by atoms with Crippen molar-refractivity contribution in [1.29, 1.82) is 0 Å². The van der Waals surface area contributed by atoms with Crippen molar-refractivity contribution in [3.05, 3.63) is 101 Å². The van der Waals surface area contributed by atoms with E-state index >= 15 is 0 Å². The van der Waals surface area contributed by atoms with Crippen LogP contribution in [-0.4, -0.2) is 45.3 Å². The summed E-state index contributed by atoms with van der Waals surface area (Å²) in [5.74, 6) is -0.458. The van der Waals surface area contributed by atoms with Gasteiger partial charge in [0.1, 0.15) is 36.4 Å². The van der Waals surface area contributed by atoms with Crippen LogP contribution in [0.4, 0.5) is 5.82 Å². The van der Waals surface area contributed by atoms with E-state index in [9.17, 15) is 9.59 Å². The van der Waals surface area contributed by atoms with Gasteiger partial charge in [0.05, 0.1) is 11.9 Å². The zero-order valence-electron chi connectivity index (χ0n) is 25.9. The average molecular weight is 627 g/mol. The highest BCUT2D eigenvalue weighted by Gasteiger charge is 2.40. The van der Waals surface area contributed by atoms with Crippen molar-refractivity contribution in [2.75, 3.05) is 12.3 Å². The maximum atomic E-state index is 13.0. The van der Waals surface area contributed by atoms with Gasteiger partial charge in [0.15, 0.2) is 5.65 Å². The fourth-order valence-corrected chi connectivity index (χ4v) is 5.90. The number of aryl methyl sites for hydroxylation is 3. The van der Waals surface area contributed by atoms with E-state index in [-0.39, 0.29) is 19.0 Å². The second-order valence-corrected chi connectivity index (χ2v) is 11.7. The summed E-state index contributed by atoms with van der Waals surface area (Å²) in [7, 11) is 0. The van der Waals surface area contributed by atoms with Crippen LogP contribution in [0.3, 0.4) is 0 Å². The van der Waals surface area contributed by atoms with Crippen LogP contribution in [-0.2, 0) is 25.4 Å². The minimum atomic E-state index is -0.682. The van der Waals surface area contributed by atoms with Gasteiger partial charge < -0.3 is 19.9 Å². The lowest BCUT2D eigenvalue weighted by atomic mass is 10.1. The van der Waals surface area contributed by atoms with Gasteiger partial charge in [-0.3, -0.25) is 9.36 Å². The van der Waals surface area contributed by atoms with E-state index in [0.717, 1.165) is 27.1 Å². The second kappa shape index (κ2) is 14.5. The molecule has 0 spiro atoms. The lowest BCUT2D eigenvalue weighted by Crippen LogP contribution is -2.32. The monoisotopic (exact) mass is 626 g/mol. The number of aromatic nitrogens is 3. The van der Waals surface area contributed by atoms with Gasteiger partial charge >= 0.3 is 11.9 Å². The maximum Gasteiger partial charge on any atom is 0.338 e. The zero-order chi connectivity index (χ0) is 31.9. The Labute approximate surface area is 267 Å². The van der Waals surface area contributed by atoms with Gasteiger partial charge in [-0.2, -0.15) is 0 Å². The molecule has 3 aromatic heterocycles. The van der Waals surface area contributed by atoms with Gasteiger partial charge in [0, 0.05) is 23.3 Å². The van der Waals surface area contributed by atoms with Gasteiger partial charge in [-0.25, -0.2) is 14.8 Å². The molecule has 234 valence electrons. The van der Waals surface area contributed by atoms with Gasteiger partial charge in [-0.1, -0.05) is 67.4 Å². The van der Waals surface area contributed by atoms with Crippen molar-refractivity contribution in [2.24, 2.45) is 0 Å². The normalized spacial score (nSPS) is 17.5. The Balaban J connectivity index is 0.00000196. The van der Waals surface area contributed by atoms with Crippen molar-refractivity contribution in [2.45, 2.75) is 65.4 Å². The van der Waals surface area contributed by atoms with Gasteiger partial charge in [0.2, 0.25) is 0 Å². The van der Waals surface area contributed by atoms with E-state index < -0.39 is 24.4 Å². The zero-order valence-corrected chi connectivity index (χ0v) is 26.8. The van der Waals surface area contributed by atoms with Crippen LogP contribution in [0.15, 0.2) is 78.4 Å². The van der Waals surface area contributed by atoms with E-state index in [2.05, 4.69) is 9.97 Å². The number of fused-ring (bicyclic) bond motifs is 1. The third-order valence-corrected chi connectivity index (χ3v) is 8.42. The summed E-state index contributed by atoms with van der Waals surface area (Å²) in [4.78, 5) is 36.0. The SMILES string of the molecule is CC.Cc1ccc(CCC(=O)O[C@@H]2CC(n3cnc4c(-c5cccs5)cc(N)nc43)OC2COC(=O)c2ccc(C)cc2)cc1. The van der Waals surface area contributed by atoms with Crippen LogP contribution >= 0.6 is 11.3 Å². The molecule has 1 aliphatic heterocycles. The average Bonchev–Trinajstić information content (AvgIpc) is 3.81. The Kier molecular flexibility index (Phi) is 10.3. The third kappa shape index (κ3) is 7.58. The number of nitrogens with zero attached hydrogens (tertiary/aromatic N) is 3. The van der Waals surface area contributed by atoms with E-state index in [1.165, 1.54) is 0 Å².